The number of hydrogen-bond donors (Lipinski definition) is 5. The number of fused-ring (bicyclic) bond motifs is 1. The number of hydrogen-bond acceptors (Lipinski definition) is 10. The van der Waals surface area contributed by atoms with Crippen molar-refractivity contribution in [2.75, 3.05) is 6.61 Å². The monoisotopic (exact) mass is 404 g/mol. The first-order valence-corrected chi connectivity index (χ1v) is 9.24. The second-order valence-electron chi connectivity index (χ2n) is 7.95. The molecule has 0 spiro atoms. The molecule has 2 fully saturated rings. The average molecular weight is 404 g/mol. The molecular formula is C18H28O10. The number of aliphatic hydroxyl groups excluding tert-OH is 4. The van der Waals surface area contributed by atoms with Crippen LogP contribution in [0.15, 0.2) is 11.8 Å². The predicted octanol–water partition coefficient (Wildman–Crippen LogP) is -1.47. The second-order valence-corrected chi connectivity index (χ2v) is 7.95. The SMILES string of the molecule is CC(=O)OC1(C)CCC2(O)C(C)=COC(OC3OC(CO)C(O)C(O)C3O)C12. The molecule has 0 aromatic heterocycles. The van der Waals surface area contributed by atoms with Crippen LogP contribution < -0.4 is 0 Å². The summed E-state index contributed by atoms with van der Waals surface area (Å²) in [4.78, 5) is 11.6. The molecule has 0 radical (unpaired) electrons. The third-order valence-corrected chi connectivity index (χ3v) is 6.00. The molecule has 160 valence electrons. The zero-order valence-electron chi connectivity index (χ0n) is 16.0. The van der Waals surface area contributed by atoms with Crippen molar-refractivity contribution in [3.63, 3.8) is 0 Å². The first-order chi connectivity index (χ1) is 13.0. The summed E-state index contributed by atoms with van der Waals surface area (Å²) < 4.78 is 22.2. The molecule has 9 unspecified atom stereocenters. The molecule has 3 rings (SSSR count). The van der Waals surface area contributed by atoms with Crippen molar-refractivity contribution in [1.82, 2.24) is 0 Å². The molecule has 5 N–H and O–H groups in total. The summed E-state index contributed by atoms with van der Waals surface area (Å²) in [6, 6.07) is 0. The summed E-state index contributed by atoms with van der Waals surface area (Å²) in [5, 5.41) is 50.6. The highest BCUT2D eigenvalue weighted by molar-refractivity contribution is 5.66. The Kier molecular flexibility index (Phi) is 5.76. The largest absolute Gasteiger partial charge is 0.472 e. The van der Waals surface area contributed by atoms with E-state index in [4.69, 9.17) is 18.9 Å². The van der Waals surface area contributed by atoms with E-state index in [9.17, 15) is 30.3 Å². The van der Waals surface area contributed by atoms with Gasteiger partial charge in [-0.25, -0.2) is 0 Å². The molecule has 10 nitrogen and oxygen atoms in total. The first-order valence-electron chi connectivity index (χ1n) is 9.24. The van der Waals surface area contributed by atoms with Crippen LogP contribution in [-0.2, 0) is 23.7 Å². The van der Waals surface area contributed by atoms with Gasteiger partial charge in [0.2, 0.25) is 6.29 Å². The predicted molar refractivity (Wildman–Crippen MR) is 91.3 cm³/mol. The lowest BCUT2D eigenvalue weighted by Gasteiger charge is -2.47. The van der Waals surface area contributed by atoms with Crippen LogP contribution in [0.25, 0.3) is 0 Å². The molecular weight excluding hydrogens is 376 g/mol. The Bertz CT molecular complexity index is 636. The Balaban J connectivity index is 1.87. The summed E-state index contributed by atoms with van der Waals surface area (Å²) >= 11 is 0. The smallest absolute Gasteiger partial charge is 0.303 e. The summed E-state index contributed by atoms with van der Waals surface area (Å²) in [5.74, 6) is -1.35. The molecule has 9 atom stereocenters. The van der Waals surface area contributed by atoms with Gasteiger partial charge in [0.1, 0.15) is 35.6 Å². The minimum Gasteiger partial charge on any atom is -0.472 e. The maximum atomic E-state index is 11.6. The van der Waals surface area contributed by atoms with Gasteiger partial charge in [0.05, 0.1) is 18.8 Å². The van der Waals surface area contributed by atoms with Crippen LogP contribution in [0.3, 0.4) is 0 Å². The van der Waals surface area contributed by atoms with Crippen LogP contribution in [0.4, 0.5) is 0 Å². The molecule has 0 aromatic rings. The van der Waals surface area contributed by atoms with Gasteiger partial charge in [0.15, 0.2) is 6.29 Å². The highest BCUT2D eigenvalue weighted by Gasteiger charge is 2.63. The van der Waals surface area contributed by atoms with E-state index in [1.807, 2.05) is 0 Å². The fourth-order valence-electron chi connectivity index (χ4n) is 4.43. The van der Waals surface area contributed by atoms with Crippen molar-refractivity contribution < 1.29 is 49.3 Å². The molecule has 2 aliphatic heterocycles. The number of rotatable bonds is 4. The molecule has 1 aliphatic carbocycles. The van der Waals surface area contributed by atoms with Gasteiger partial charge in [-0.05, 0) is 32.3 Å². The van der Waals surface area contributed by atoms with Gasteiger partial charge in [0, 0.05) is 6.92 Å². The zero-order valence-corrected chi connectivity index (χ0v) is 16.0. The summed E-state index contributed by atoms with van der Waals surface area (Å²) in [6.07, 6.45) is -6.53. The minimum atomic E-state index is -1.62. The van der Waals surface area contributed by atoms with Crippen molar-refractivity contribution in [2.24, 2.45) is 5.92 Å². The summed E-state index contributed by atoms with van der Waals surface area (Å²) in [6.45, 7) is 4.02. The average Bonchev–Trinajstić information content (AvgIpc) is 2.90. The fourth-order valence-corrected chi connectivity index (χ4v) is 4.43. The van der Waals surface area contributed by atoms with Crippen LogP contribution >= 0.6 is 0 Å². The maximum Gasteiger partial charge on any atom is 0.303 e. The van der Waals surface area contributed by atoms with Crippen molar-refractivity contribution in [3.8, 4) is 0 Å². The highest BCUT2D eigenvalue weighted by Crippen LogP contribution is 2.53. The molecule has 0 amide bonds. The van der Waals surface area contributed by atoms with Gasteiger partial charge in [0.25, 0.3) is 0 Å². The minimum absolute atomic E-state index is 0.307. The Morgan fingerprint density at radius 3 is 2.50 bits per heavy atom. The van der Waals surface area contributed by atoms with Crippen molar-refractivity contribution >= 4 is 5.97 Å². The molecule has 0 bridgehead atoms. The van der Waals surface area contributed by atoms with E-state index in [2.05, 4.69) is 0 Å². The topological polar surface area (TPSA) is 155 Å². The number of carbonyl (C=O) groups excluding carboxylic acids is 1. The summed E-state index contributed by atoms with van der Waals surface area (Å²) in [5.41, 5.74) is -1.92. The lowest BCUT2D eigenvalue weighted by molar-refractivity contribution is -0.351. The Hall–Kier alpha value is -1.27. The highest BCUT2D eigenvalue weighted by atomic mass is 16.8. The van der Waals surface area contributed by atoms with E-state index in [0.717, 1.165) is 0 Å². The quantitative estimate of drug-likeness (QED) is 0.351. The Morgan fingerprint density at radius 2 is 1.89 bits per heavy atom. The molecule has 10 heteroatoms. The van der Waals surface area contributed by atoms with Gasteiger partial charge in [-0.3, -0.25) is 4.79 Å². The number of aliphatic hydroxyl groups is 5. The Morgan fingerprint density at radius 1 is 1.21 bits per heavy atom. The molecule has 2 heterocycles. The van der Waals surface area contributed by atoms with Crippen LogP contribution in [-0.4, -0.2) is 86.3 Å². The molecule has 1 saturated carbocycles. The standard InChI is InChI=1S/C18H28O10/c1-8-7-25-16(14-17(3,28-9(2)20)4-5-18(8,14)24)27-15-13(23)12(22)11(21)10(6-19)26-15/h7,10-16,19,21-24H,4-6H2,1-3H3. The van der Waals surface area contributed by atoms with Crippen LogP contribution in [0.1, 0.15) is 33.6 Å². The number of esters is 1. The fraction of sp³-hybridized carbons (Fsp3) is 0.833. The van der Waals surface area contributed by atoms with Crippen LogP contribution in [0.2, 0.25) is 0 Å². The van der Waals surface area contributed by atoms with Gasteiger partial charge in [-0.1, -0.05) is 0 Å². The number of ether oxygens (including phenoxy) is 4. The van der Waals surface area contributed by atoms with Gasteiger partial charge in [-0.15, -0.1) is 0 Å². The van der Waals surface area contributed by atoms with Crippen molar-refractivity contribution in [1.29, 1.82) is 0 Å². The second kappa shape index (κ2) is 7.52. The summed E-state index contributed by atoms with van der Waals surface area (Å²) in [7, 11) is 0. The lowest BCUT2D eigenvalue weighted by Crippen LogP contribution is -2.62. The molecule has 1 saturated heterocycles. The van der Waals surface area contributed by atoms with Crippen molar-refractivity contribution in [2.45, 2.75) is 81.8 Å². The van der Waals surface area contributed by atoms with Crippen LogP contribution in [0, 0.1) is 5.92 Å². The lowest BCUT2D eigenvalue weighted by atomic mass is 9.78. The van der Waals surface area contributed by atoms with E-state index in [-0.39, 0.29) is 0 Å². The maximum absolute atomic E-state index is 11.6. The van der Waals surface area contributed by atoms with Gasteiger partial charge in [-0.2, -0.15) is 0 Å². The molecule has 0 aromatic carbocycles. The van der Waals surface area contributed by atoms with E-state index >= 15 is 0 Å². The zero-order chi connectivity index (χ0) is 20.9. The Labute approximate surface area is 162 Å². The third-order valence-electron chi connectivity index (χ3n) is 6.00. The van der Waals surface area contributed by atoms with E-state index in [1.54, 1.807) is 13.8 Å². The first kappa shape index (κ1) is 21.4. The van der Waals surface area contributed by atoms with Gasteiger partial charge < -0.3 is 44.5 Å². The molecule has 28 heavy (non-hydrogen) atoms. The van der Waals surface area contributed by atoms with E-state index in [0.29, 0.717) is 18.4 Å². The van der Waals surface area contributed by atoms with Gasteiger partial charge >= 0.3 is 5.97 Å². The van der Waals surface area contributed by atoms with Crippen LogP contribution in [0.5, 0.6) is 0 Å². The third kappa shape index (κ3) is 3.43. The van der Waals surface area contributed by atoms with E-state index in [1.165, 1.54) is 13.2 Å². The van der Waals surface area contributed by atoms with Crippen molar-refractivity contribution in [3.05, 3.63) is 11.8 Å². The normalized spacial score (nSPS) is 48.4. The van der Waals surface area contributed by atoms with E-state index < -0.39 is 66.7 Å². The number of carbonyl (C=O) groups is 1. The molecule has 3 aliphatic rings.